The third-order valence-corrected chi connectivity index (χ3v) is 4.82. The highest BCUT2D eigenvalue weighted by molar-refractivity contribution is 5.86. The van der Waals surface area contributed by atoms with Crippen molar-refractivity contribution in [2.75, 3.05) is 0 Å². The van der Waals surface area contributed by atoms with E-state index in [4.69, 9.17) is 0 Å². The lowest BCUT2D eigenvalue weighted by Gasteiger charge is -2.08. The Morgan fingerprint density at radius 3 is 2.65 bits per heavy atom. The summed E-state index contributed by atoms with van der Waals surface area (Å²) in [5.74, 6) is 0. The Morgan fingerprint density at radius 1 is 1.08 bits per heavy atom. The first kappa shape index (κ1) is 16.5. The molecule has 0 radical (unpaired) electrons. The fourth-order valence-electron chi connectivity index (χ4n) is 3.47. The van der Waals surface area contributed by atoms with Gasteiger partial charge < -0.3 is 4.57 Å². The van der Waals surface area contributed by atoms with Crippen molar-refractivity contribution >= 4 is 16.6 Å². The van der Waals surface area contributed by atoms with Crippen molar-refractivity contribution in [3.05, 3.63) is 64.8 Å². The monoisotopic (exact) mass is 346 g/mol. The molecule has 0 aliphatic carbocycles. The summed E-state index contributed by atoms with van der Waals surface area (Å²) in [5, 5.41) is 5.28. The van der Waals surface area contributed by atoms with Crippen LogP contribution < -0.4 is 5.56 Å². The average Bonchev–Trinajstić information content (AvgIpc) is 3.00. The van der Waals surface area contributed by atoms with Gasteiger partial charge in [0, 0.05) is 24.5 Å². The molecule has 5 heteroatoms. The highest BCUT2D eigenvalue weighted by Crippen LogP contribution is 2.28. The molecule has 3 aromatic heterocycles. The van der Waals surface area contributed by atoms with Crippen LogP contribution in [0.2, 0.25) is 0 Å². The second-order valence-corrected chi connectivity index (χ2v) is 6.64. The van der Waals surface area contributed by atoms with E-state index in [0.29, 0.717) is 5.39 Å². The third-order valence-electron chi connectivity index (χ3n) is 4.82. The van der Waals surface area contributed by atoms with Gasteiger partial charge in [-0.3, -0.25) is 4.79 Å². The van der Waals surface area contributed by atoms with Gasteiger partial charge in [0.05, 0.1) is 16.6 Å². The van der Waals surface area contributed by atoms with Crippen LogP contribution in [0, 0.1) is 6.92 Å². The lowest BCUT2D eigenvalue weighted by molar-refractivity contribution is 0.590. The Kier molecular flexibility index (Phi) is 4.29. The van der Waals surface area contributed by atoms with Gasteiger partial charge in [0.25, 0.3) is 5.56 Å². The van der Waals surface area contributed by atoms with Gasteiger partial charge in [-0.05, 0) is 25.0 Å². The molecule has 0 bridgehead atoms. The molecule has 0 spiro atoms. The normalized spacial score (nSPS) is 11.5. The van der Waals surface area contributed by atoms with Gasteiger partial charge >= 0.3 is 0 Å². The Hall–Kier alpha value is -2.95. The van der Waals surface area contributed by atoms with Crippen LogP contribution in [0.1, 0.15) is 31.9 Å². The number of aromatic nitrogens is 4. The minimum atomic E-state index is 0.00224. The van der Waals surface area contributed by atoms with Crippen LogP contribution in [-0.4, -0.2) is 19.2 Å². The van der Waals surface area contributed by atoms with E-state index < -0.39 is 0 Å². The maximum atomic E-state index is 12.8. The SMILES string of the molecule is CCCCCn1ccc2c(cnc3c(-c4ccccc4)c(C)nn32)c1=O. The summed E-state index contributed by atoms with van der Waals surface area (Å²) in [4.78, 5) is 17.4. The molecule has 1 aromatic carbocycles. The molecule has 0 saturated carbocycles. The average molecular weight is 346 g/mol. The third kappa shape index (κ3) is 2.69. The van der Waals surface area contributed by atoms with Crippen LogP contribution in [0.4, 0.5) is 0 Å². The van der Waals surface area contributed by atoms with E-state index in [0.717, 1.165) is 53.8 Å². The number of pyridine rings is 1. The first-order chi connectivity index (χ1) is 12.7. The highest BCUT2D eigenvalue weighted by atomic mass is 16.1. The first-order valence-corrected chi connectivity index (χ1v) is 9.13. The zero-order valence-corrected chi connectivity index (χ0v) is 15.1. The standard InChI is InChI=1S/C21H22N4O/c1-3-4-8-12-24-13-11-18-17(21(24)26)14-22-20-19(15(2)23-25(18)20)16-9-6-5-7-10-16/h5-7,9-11,13-14H,3-4,8,12H2,1-2H3. The second kappa shape index (κ2) is 6.75. The smallest absolute Gasteiger partial charge is 0.261 e. The summed E-state index contributed by atoms with van der Waals surface area (Å²) >= 11 is 0. The zero-order chi connectivity index (χ0) is 18.1. The van der Waals surface area contributed by atoms with Gasteiger partial charge in [-0.1, -0.05) is 50.1 Å². The predicted molar refractivity (Wildman–Crippen MR) is 104 cm³/mol. The molecule has 5 nitrogen and oxygen atoms in total. The van der Waals surface area contributed by atoms with Crippen molar-refractivity contribution < 1.29 is 0 Å². The second-order valence-electron chi connectivity index (χ2n) is 6.64. The van der Waals surface area contributed by atoms with Crippen LogP contribution in [0.15, 0.2) is 53.6 Å². The Balaban J connectivity index is 1.89. The zero-order valence-electron chi connectivity index (χ0n) is 15.1. The van der Waals surface area contributed by atoms with Crippen molar-refractivity contribution in [1.82, 2.24) is 19.2 Å². The molecular formula is C21H22N4O. The molecule has 0 atom stereocenters. The summed E-state index contributed by atoms with van der Waals surface area (Å²) in [5.41, 5.74) is 4.59. The quantitative estimate of drug-likeness (QED) is 0.509. The molecular weight excluding hydrogens is 324 g/mol. The van der Waals surface area contributed by atoms with Gasteiger partial charge in [0.15, 0.2) is 5.65 Å². The summed E-state index contributed by atoms with van der Waals surface area (Å²) in [6.07, 6.45) is 6.84. The minimum Gasteiger partial charge on any atom is -0.315 e. The molecule has 26 heavy (non-hydrogen) atoms. The van der Waals surface area contributed by atoms with Crippen LogP contribution in [-0.2, 0) is 6.54 Å². The number of aryl methyl sites for hydroxylation is 2. The Bertz CT molecular complexity index is 1130. The van der Waals surface area contributed by atoms with Gasteiger partial charge in [-0.25, -0.2) is 9.50 Å². The molecule has 4 aromatic rings. The number of nitrogens with zero attached hydrogens (tertiary/aromatic N) is 4. The van der Waals surface area contributed by atoms with E-state index in [1.165, 1.54) is 0 Å². The van der Waals surface area contributed by atoms with E-state index in [1.54, 1.807) is 15.3 Å². The maximum Gasteiger partial charge on any atom is 0.261 e. The molecule has 4 rings (SSSR count). The highest BCUT2D eigenvalue weighted by Gasteiger charge is 2.16. The van der Waals surface area contributed by atoms with Crippen LogP contribution >= 0.6 is 0 Å². The number of benzene rings is 1. The predicted octanol–water partition coefficient (Wildman–Crippen LogP) is 4.21. The molecule has 0 fully saturated rings. The molecule has 0 unspecified atom stereocenters. The van der Waals surface area contributed by atoms with Crippen LogP contribution in [0.5, 0.6) is 0 Å². The van der Waals surface area contributed by atoms with Crippen molar-refractivity contribution in [3.8, 4) is 11.1 Å². The summed E-state index contributed by atoms with van der Waals surface area (Å²) < 4.78 is 3.57. The first-order valence-electron chi connectivity index (χ1n) is 9.13. The molecule has 0 saturated heterocycles. The molecule has 0 aliphatic rings. The maximum absolute atomic E-state index is 12.8. The number of rotatable bonds is 5. The lowest BCUT2D eigenvalue weighted by atomic mass is 10.1. The fraction of sp³-hybridized carbons (Fsp3) is 0.286. The molecule has 3 heterocycles. The van der Waals surface area contributed by atoms with E-state index in [9.17, 15) is 4.79 Å². The molecule has 132 valence electrons. The largest absolute Gasteiger partial charge is 0.315 e. The van der Waals surface area contributed by atoms with Gasteiger partial charge in [0.2, 0.25) is 0 Å². The van der Waals surface area contributed by atoms with Crippen LogP contribution in [0.3, 0.4) is 0 Å². The summed E-state index contributed by atoms with van der Waals surface area (Å²) in [6, 6.07) is 12.1. The summed E-state index contributed by atoms with van der Waals surface area (Å²) in [7, 11) is 0. The number of unbranched alkanes of at least 4 members (excludes halogenated alkanes) is 2. The van der Waals surface area contributed by atoms with Crippen molar-refractivity contribution in [3.63, 3.8) is 0 Å². The summed E-state index contributed by atoms with van der Waals surface area (Å²) in [6.45, 7) is 4.89. The van der Waals surface area contributed by atoms with Gasteiger partial charge in [0.1, 0.15) is 0 Å². The minimum absolute atomic E-state index is 0.00224. The van der Waals surface area contributed by atoms with Crippen LogP contribution in [0.25, 0.3) is 27.7 Å². The van der Waals surface area contributed by atoms with Gasteiger partial charge in [-0.15, -0.1) is 0 Å². The van der Waals surface area contributed by atoms with E-state index >= 15 is 0 Å². The molecule has 0 aliphatic heterocycles. The van der Waals surface area contributed by atoms with Crippen molar-refractivity contribution in [1.29, 1.82) is 0 Å². The fourth-order valence-corrected chi connectivity index (χ4v) is 3.47. The Labute approximate surface area is 151 Å². The number of hydrogen-bond donors (Lipinski definition) is 0. The lowest BCUT2D eigenvalue weighted by Crippen LogP contribution is -2.20. The van der Waals surface area contributed by atoms with Crippen molar-refractivity contribution in [2.24, 2.45) is 0 Å². The van der Waals surface area contributed by atoms with Gasteiger partial charge in [-0.2, -0.15) is 5.10 Å². The van der Waals surface area contributed by atoms with E-state index in [-0.39, 0.29) is 5.56 Å². The molecule has 0 amide bonds. The Morgan fingerprint density at radius 2 is 1.88 bits per heavy atom. The van der Waals surface area contributed by atoms with E-state index in [2.05, 4.69) is 29.1 Å². The van der Waals surface area contributed by atoms with Crippen molar-refractivity contribution in [2.45, 2.75) is 39.7 Å². The van der Waals surface area contributed by atoms with E-state index in [1.807, 2.05) is 37.4 Å². The topological polar surface area (TPSA) is 52.2 Å². The number of hydrogen-bond acceptors (Lipinski definition) is 3. The number of fused-ring (bicyclic) bond motifs is 3. The molecule has 0 N–H and O–H groups in total.